The van der Waals surface area contributed by atoms with Gasteiger partial charge in [0.05, 0.1) is 17.7 Å². The van der Waals surface area contributed by atoms with Crippen LogP contribution in [0.25, 0.3) is 0 Å². The predicted molar refractivity (Wildman–Crippen MR) is 89.8 cm³/mol. The molecule has 2 amide bonds. The molecule has 3 fully saturated rings. The van der Waals surface area contributed by atoms with Crippen molar-refractivity contribution in [3.8, 4) is 0 Å². The molecule has 1 N–H and O–H groups in total. The number of aryl methyl sites for hydroxylation is 1. The number of likely N-dealkylation sites (tertiary alicyclic amines) is 1. The molecule has 24 heavy (non-hydrogen) atoms. The summed E-state index contributed by atoms with van der Waals surface area (Å²) in [6, 6.07) is 0. The molecule has 3 heterocycles. The molecule has 0 aromatic carbocycles. The predicted octanol–water partition coefficient (Wildman–Crippen LogP) is 1.31. The summed E-state index contributed by atoms with van der Waals surface area (Å²) < 4.78 is 5.88. The zero-order chi connectivity index (χ0) is 16.8. The third-order valence-electron chi connectivity index (χ3n) is 5.55. The molecule has 0 radical (unpaired) electrons. The van der Waals surface area contributed by atoms with Gasteiger partial charge >= 0.3 is 0 Å². The number of fused-ring (bicyclic) bond motifs is 1. The number of nitrogens with zero attached hydrogens (tertiary/aromatic N) is 2. The molecule has 7 heteroatoms. The third kappa shape index (κ3) is 2.95. The van der Waals surface area contributed by atoms with Gasteiger partial charge in [-0.15, -0.1) is 11.3 Å². The van der Waals surface area contributed by atoms with Gasteiger partial charge in [-0.3, -0.25) is 9.59 Å². The van der Waals surface area contributed by atoms with Gasteiger partial charge in [0.25, 0.3) is 5.91 Å². The highest BCUT2D eigenvalue weighted by Gasteiger charge is 2.49. The van der Waals surface area contributed by atoms with E-state index in [0.717, 1.165) is 18.0 Å². The first kappa shape index (κ1) is 16.0. The van der Waals surface area contributed by atoms with E-state index >= 15 is 0 Å². The van der Waals surface area contributed by atoms with Crippen LogP contribution in [0.1, 0.15) is 28.8 Å². The van der Waals surface area contributed by atoms with Crippen LogP contribution in [0, 0.1) is 30.6 Å². The molecule has 1 aliphatic carbocycles. The number of aromatic nitrogens is 1. The zero-order valence-corrected chi connectivity index (χ0v) is 14.8. The quantitative estimate of drug-likeness (QED) is 0.890. The third-order valence-corrected chi connectivity index (χ3v) is 6.33. The topological polar surface area (TPSA) is 71.5 Å². The number of amides is 2. The summed E-state index contributed by atoms with van der Waals surface area (Å²) in [5.41, 5.74) is 0.485. The van der Waals surface area contributed by atoms with Gasteiger partial charge in [-0.05, 0) is 19.3 Å². The molecule has 130 valence electrons. The Morgan fingerprint density at radius 1 is 1.46 bits per heavy atom. The maximum atomic E-state index is 12.4. The Hall–Kier alpha value is -1.47. The minimum absolute atomic E-state index is 0.125. The van der Waals surface area contributed by atoms with E-state index in [0.29, 0.717) is 43.1 Å². The van der Waals surface area contributed by atoms with Crippen LogP contribution in [0.3, 0.4) is 0 Å². The Labute approximate surface area is 145 Å². The average Bonchev–Trinajstić information content (AvgIpc) is 2.95. The van der Waals surface area contributed by atoms with Gasteiger partial charge in [0.1, 0.15) is 5.69 Å². The van der Waals surface area contributed by atoms with E-state index in [4.69, 9.17) is 4.74 Å². The minimum Gasteiger partial charge on any atom is -0.376 e. The Morgan fingerprint density at radius 3 is 2.92 bits per heavy atom. The Bertz CT molecular complexity index is 661. The molecule has 6 nitrogen and oxygen atoms in total. The van der Waals surface area contributed by atoms with E-state index in [1.165, 1.54) is 11.3 Å². The van der Waals surface area contributed by atoms with Crippen LogP contribution in [0.15, 0.2) is 5.38 Å². The number of nitrogens with one attached hydrogen (secondary N) is 1. The number of carbonyl (C=O) groups is 2. The first-order valence-electron chi connectivity index (χ1n) is 8.63. The number of ether oxygens (including phenoxy) is 1. The van der Waals surface area contributed by atoms with Crippen LogP contribution in [-0.2, 0) is 9.53 Å². The molecule has 5 atom stereocenters. The van der Waals surface area contributed by atoms with Crippen LogP contribution in [0.4, 0.5) is 0 Å². The van der Waals surface area contributed by atoms with Gasteiger partial charge in [0, 0.05) is 42.8 Å². The SMILES string of the molecule is Cc1nc(C(=O)NC[C@@H]2CO[C@@H]3CN(C(=O)[C@H]4C[C@H]4C)C[C@H]23)cs1. The summed E-state index contributed by atoms with van der Waals surface area (Å²) in [5.74, 6) is 1.54. The van der Waals surface area contributed by atoms with Gasteiger partial charge in [0.2, 0.25) is 5.91 Å². The van der Waals surface area contributed by atoms with E-state index in [9.17, 15) is 9.59 Å². The number of hydrogen-bond acceptors (Lipinski definition) is 5. The van der Waals surface area contributed by atoms with Crippen LogP contribution < -0.4 is 5.32 Å². The summed E-state index contributed by atoms with van der Waals surface area (Å²) in [6.07, 6.45) is 1.16. The Kier molecular flexibility index (Phi) is 4.08. The summed E-state index contributed by atoms with van der Waals surface area (Å²) in [6.45, 7) is 6.74. The molecular weight excluding hydrogens is 326 g/mol. The standard InChI is InChI=1S/C17H23N3O3S/c1-9-3-12(9)17(22)20-5-13-11(7-23-15(13)6-20)4-18-16(21)14-8-24-10(2)19-14/h8-9,11-13,15H,3-7H2,1-2H3,(H,18,21)/t9-,11-,12+,13-,15-/m1/s1. The Morgan fingerprint density at radius 2 is 2.25 bits per heavy atom. The first-order valence-corrected chi connectivity index (χ1v) is 9.51. The van der Waals surface area contributed by atoms with Crippen molar-refractivity contribution in [1.29, 1.82) is 0 Å². The van der Waals surface area contributed by atoms with E-state index < -0.39 is 0 Å². The largest absolute Gasteiger partial charge is 0.376 e. The number of carbonyl (C=O) groups excluding carboxylic acids is 2. The summed E-state index contributed by atoms with van der Waals surface area (Å²) in [4.78, 5) is 30.7. The zero-order valence-electron chi connectivity index (χ0n) is 14.0. The summed E-state index contributed by atoms with van der Waals surface area (Å²) in [7, 11) is 0. The highest BCUT2D eigenvalue weighted by atomic mass is 32.1. The van der Waals surface area contributed by atoms with Crippen molar-refractivity contribution >= 4 is 23.2 Å². The Balaban J connectivity index is 1.31. The fourth-order valence-electron chi connectivity index (χ4n) is 3.87. The van der Waals surface area contributed by atoms with Gasteiger partial charge < -0.3 is 15.0 Å². The highest BCUT2D eigenvalue weighted by Crippen LogP contribution is 2.41. The second-order valence-corrected chi connectivity index (χ2v) is 8.38. The van der Waals surface area contributed by atoms with E-state index in [2.05, 4.69) is 17.2 Å². The minimum atomic E-state index is -0.125. The van der Waals surface area contributed by atoms with Crippen molar-refractivity contribution in [2.45, 2.75) is 26.4 Å². The lowest BCUT2D eigenvalue weighted by Gasteiger charge is -2.20. The molecule has 3 aliphatic rings. The highest BCUT2D eigenvalue weighted by molar-refractivity contribution is 7.09. The van der Waals surface area contributed by atoms with Crippen LogP contribution in [0.2, 0.25) is 0 Å². The average molecular weight is 349 g/mol. The molecule has 0 spiro atoms. The molecular formula is C17H23N3O3S. The van der Waals surface area contributed by atoms with E-state index in [1.54, 1.807) is 5.38 Å². The van der Waals surface area contributed by atoms with Crippen LogP contribution in [-0.4, -0.2) is 54.0 Å². The van der Waals surface area contributed by atoms with Gasteiger partial charge in [0.15, 0.2) is 0 Å². The van der Waals surface area contributed by atoms with Crippen LogP contribution >= 0.6 is 11.3 Å². The number of rotatable bonds is 4. The molecule has 2 saturated heterocycles. The van der Waals surface area contributed by atoms with Crippen molar-refractivity contribution in [2.24, 2.45) is 23.7 Å². The van der Waals surface area contributed by atoms with Crippen molar-refractivity contribution in [2.75, 3.05) is 26.2 Å². The lowest BCUT2D eigenvalue weighted by atomic mass is 9.93. The molecule has 4 rings (SSSR count). The van der Waals surface area contributed by atoms with Crippen molar-refractivity contribution in [3.05, 3.63) is 16.1 Å². The van der Waals surface area contributed by atoms with Crippen molar-refractivity contribution in [1.82, 2.24) is 15.2 Å². The number of thiazole rings is 1. The maximum Gasteiger partial charge on any atom is 0.270 e. The molecule has 0 bridgehead atoms. The second-order valence-electron chi connectivity index (χ2n) is 7.32. The van der Waals surface area contributed by atoms with E-state index in [1.807, 2.05) is 11.8 Å². The first-order chi connectivity index (χ1) is 11.5. The summed E-state index contributed by atoms with van der Waals surface area (Å²) >= 11 is 1.48. The van der Waals surface area contributed by atoms with E-state index in [-0.39, 0.29) is 23.8 Å². The molecule has 1 aromatic rings. The maximum absolute atomic E-state index is 12.4. The summed E-state index contributed by atoms with van der Waals surface area (Å²) in [5, 5.41) is 5.65. The fourth-order valence-corrected chi connectivity index (χ4v) is 4.46. The molecule has 2 aliphatic heterocycles. The monoisotopic (exact) mass is 349 g/mol. The molecule has 1 saturated carbocycles. The lowest BCUT2D eigenvalue weighted by Crippen LogP contribution is -2.36. The smallest absolute Gasteiger partial charge is 0.270 e. The van der Waals surface area contributed by atoms with Gasteiger partial charge in [-0.1, -0.05) is 6.92 Å². The van der Waals surface area contributed by atoms with Crippen molar-refractivity contribution in [3.63, 3.8) is 0 Å². The fraction of sp³-hybridized carbons (Fsp3) is 0.706. The van der Waals surface area contributed by atoms with Gasteiger partial charge in [-0.2, -0.15) is 0 Å². The van der Waals surface area contributed by atoms with Gasteiger partial charge in [-0.25, -0.2) is 4.98 Å². The molecule has 0 unspecified atom stereocenters. The lowest BCUT2D eigenvalue weighted by molar-refractivity contribution is -0.132. The van der Waals surface area contributed by atoms with Crippen LogP contribution in [0.5, 0.6) is 0 Å². The second kappa shape index (κ2) is 6.11. The van der Waals surface area contributed by atoms with Crippen molar-refractivity contribution < 1.29 is 14.3 Å². The molecule has 1 aromatic heterocycles. The number of hydrogen-bond donors (Lipinski definition) is 1. The normalized spacial score (nSPS) is 34.2.